The Bertz CT molecular complexity index is 247. The highest BCUT2D eigenvalue weighted by molar-refractivity contribution is 4.87. The van der Waals surface area contributed by atoms with E-state index in [2.05, 4.69) is 40.1 Å². The van der Waals surface area contributed by atoms with Crippen LogP contribution in [0.2, 0.25) is 0 Å². The summed E-state index contributed by atoms with van der Waals surface area (Å²) in [6, 6.07) is 0. The van der Waals surface area contributed by atoms with Crippen molar-refractivity contribution >= 4 is 0 Å². The van der Waals surface area contributed by atoms with Crippen LogP contribution in [0, 0.1) is 17.3 Å². The first-order chi connectivity index (χ1) is 8.29. The maximum Gasteiger partial charge on any atom is 0.0622 e. The number of hydrogen-bond donors (Lipinski definition) is 1. The molecule has 2 heteroatoms. The summed E-state index contributed by atoms with van der Waals surface area (Å²) in [4.78, 5) is 0. The first-order valence-electron chi connectivity index (χ1n) is 7.49. The van der Waals surface area contributed by atoms with Crippen LogP contribution in [0.4, 0.5) is 0 Å². The van der Waals surface area contributed by atoms with Crippen molar-refractivity contribution in [1.29, 1.82) is 0 Å². The first-order valence-corrected chi connectivity index (χ1v) is 7.49. The standard InChI is InChI=1S/C16H33NO/c1-15(2)9-7-14(12-17-5)13(11-15)8-10-16(3,4)18-6/h13-14,17H,7-12H2,1-6H3. The number of hydrogen-bond acceptors (Lipinski definition) is 2. The zero-order chi connectivity index (χ0) is 13.8. The average molecular weight is 255 g/mol. The Hall–Kier alpha value is -0.0800. The maximum atomic E-state index is 5.56. The Morgan fingerprint density at radius 1 is 1.28 bits per heavy atom. The molecule has 0 amide bonds. The monoisotopic (exact) mass is 255 g/mol. The van der Waals surface area contributed by atoms with Crippen molar-refractivity contribution in [2.75, 3.05) is 20.7 Å². The van der Waals surface area contributed by atoms with E-state index in [1.165, 1.54) is 38.6 Å². The van der Waals surface area contributed by atoms with Crippen LogP contribution in [0.3, 0.4) is 0 Å². The molecule has 2 unspecified atom stereocenters. The van der Waals surface area contributed by atoms with Crippen LogP contribution in [0.15, 0.2) is 0 Å². The van der Waals surface area contributed by atoms with Crippen molar-refractivity contribution in [2.45, 2.75) is 65.4 Å². The minimum atomic E-state index is 0.0335. The van der Waals surface area contributed by atoms with Crippen molar-refractivity contribution in [3.63, 3.8) is 0 Å². The first kappa shape index (κ1) is 16.0. The van der Waals surface area contributed by atoms with Gasteiger partial charge in [-0.15, -0.1) is 0 Å². The van der Waals surface area contributed by atoms with Crippen molar-refractivity contribution in [3.05, 3.63) is 0 Å². The van der Waals surface area contributed by atoms with Gasteiger partial charge in [0.2, 0.25) is 0 Å². The van der Waals surface area contributed by atoms with E-state index in [0.717, 1.165) is 11.8 Å². The van der Waals surface area contributed by atoms with E-state index >= 15 is 0 Å². The number of rotatable bonds is 6. The molecule has 18 heavy (non-hydrogen) atoms. The van der Waals surface area contributed by atoms with Gasteiger partial charge < -0.3 is 10.1 Å². The average Bonchev–Trinajstić information content (AvgIpc) is 2.29. The Morgan fingerprint density at radius 2 is 1.94 bits per heavy atom. The molecule has 1 N–H and O–H groups in total. The topological polar surface area (TPSA) is 21.3 Å². The van der Waals surface area contributed by atoms with E-state index in [-0.39, 0.29) is 5.60 Å². The molecule has 1 aliphatic rings. The molecule has 0 bridgehead atoms. The molecular formula is C16H33NO. The zero-order valence-electron chi connectivity index (χ0n) is 13.3. The van der Waals surface area contributed by atoms with Gasteiger partial charge in [0.15, 0.2) is 0 Å². The van der Waals surface area contributed by atoms with Crippen LogP contribution >= 0.6 is 0 Å². The largest absolute Gasteiger partial charge is 0.379 e. The van der Waals surface area contributed by atoms with Crippen LogP contribution in [-0.2, 0) is 4.74 Å². The molecule has 108 valence electrons. The predicted molar refractivity (Wildman–Crippen MR) is 78.9 cm³/mol. The quantitative estimate of drug-likeness (QED) is 0.778. The summed E-state index contributed by atoms with van der Waals surface area (Å²) in [6.07, 6.45) is 6.61. The smallest absolute Gasteiger partial charge is 0.0622 e. The van der Waals surface area contributed by atoms with Crippen molar-refractivity contribution in [1.82, 2.24) is 5.32 Å². The molecule has 0 heterocycles. The molecule has 1 rings (SSSR count). The summed E-state index contributed by atoms with van der Waals surface area (Å²) in [6.45, 7) is 10.4. The molecule has 0 aromatic heterocycles. The highest BCUT2D eigenvalue weighted by Gasteiger charge is 2.35. The Balaban J connectivity index is 2.56. The molecule has 0 saturated heterocycles. The summed E-state index contributed by atoms with van der Waals surface area (Å²) < 4.78 is 5.56. The van der Waals surface area contributed by atoms with Crippen molar-refractivity contribution in [2.24, 2.45) is 17.3 Å². The van der Waals surface area contributed by atoms with Gasteiger partial charge in [-0.1, -0.05) is 13.8 Å². The predicted octanol–water partition coefficient (Wildman–Crippen LogP) is 3.85. The summed E-state index contributed by atoms with van der Waals surface area (Å²) >= 11 is 0. The maximum absolute atomic E-state index is 5.56. The third kappa shape index (κ3) is 4.89. The Morgan fingerprint density at radius 3 is 2.50 bits per heavy atom. The van der Waals surface area contributed by atoms with E-state index in [0.29, 0.717) is 5.41 Å². The van der Waals surface area contributed by atoms with E-state index in [1.807, 2.05) is 7.11 Å². The highest BCUT2D eigenvalue weighted by Crippen LogP contribution is 2.44. The lowest BCUT2D eigenvalue weighted by molar-refractivity contribution is 0.00138. The van der Waals surface area contributed by atoms with Crippen molar-refractivity contribution in [3.8, 4) is 0 Å². The van der Waals surface area contributed by atoms with Crippen LogP contribution in [-0.4, -0.2) is 26.3 Å². The minimum Gasteiger partial charge on any atom is -0.379 e. The van der Waals surface area contributed by atoms with E-state index < -0.39 is 0 Å². The van der Waals surface area contributed by atoms with Gasteiger partial charge in [-0.2, -0.15) is 0 Å². The molecular weight excluding hydrogens is 222 g/mol. The molecule has 1 aliphatic carbocycles. The molecule has 1 fully saturated rings. The summed E-state index contributed by atoms with van der Waals surface area (Å²) in [5.74, 6) is 1.71. The van der Waals surface area contributed by atoms with Crippen LogP contribution in [0.25, 0.3) is 0 Å². The molecule has 0 aliphatic heterocycles. The molecule has 1 saturated carbocycles. The fraction of sp³-hybridized carbons (Fsp3) is 1.00. The summed E-state index contributed by atoms with van der Waals surface area (Å²) in [5.41, 5.74) is 0.567. The van der Waals surface area contributed by atoms with Gasteiger partial charge in [0, 0.05) is 7.11 Å². The second kappa shape index (κ2) is 6.38. The summed E-state index contributed by atoms with van der Waals surface area (Å²) in [7, 11) is 3.91. The van der Waals surface area contributed by atoms with Gasteiger partial charge >= 0.3 is 0 Å². The molecule has 2 nitrogen and oxygen atoms in total. The lowest BCUT2D eigenvalue weighted by atomic mass is 9.65. The van der Waals surface area contributed by atoms with Gasteiger partial charge in [-0.3, -0.25) is 0 Å². The van der Waals surface area contributed by atoms with Gasteiger partial charge in [-0.05, 0) is 76.8 Å². The van der Waals surface area contributed by atoms with Gasteiger partial charge in [0.25, 0.3) is 0 Å². The lowest BCUT2D eigenvalue weighted by Gasteiger charge is -2.42. The number of methoxy groups -OCH3 is 1. The fourth-order valence-corrected chi connectivity index (χ4v) is 3.29. The lowest BCUT2D eigenvalue weighted by Crippen LogP contribution is -2.36. The molecule has 0 spiro atoms. The minimum absolute atomic E-state index is 0.0335. The SMILES string of the molecule is CNCC1CCC(C)(C)CC1CCC(C)(C)OC. The highest BCUT2D eigenvalue weighted by atomic mass is 16.5. The number of nitrogens with one attached hydrogen (secondary N) is 1. The second-order valence-corrected chi connectivity index (χ2v) is 7.49. The van der Waals surface area contributed by atoms with Gasteiger partial charge in [0.1, 0.15) is 0 Å². The Labute approximate surface area is 114 Å². The van der Waals surface area contributed by atoms with E-state index in [1.54, 1.807) is 0 Å². The van der Waals surface area contributed by atoms with E-state index in [4.69, 9.17) is 4.74 Å². The summed E-state index contributed by atoms with van der Waals surface area (Å²) in [5, 5.41) is 3.37. The van der Waals surface area contributed by atoms with Gasteiger partial charge in [-0.25, -0.2) is 0 Å². The molecule has 0 aromatic rings. The Kier molecular flexibility index (Phi) is 5.67. The molecule has 0 aromatic carbocycles. The molecule has 2 atom stereocenters. The fourth-order valence-electron chi connectivity index (χ4n) is 3.29. The third-order valence-electron chi connectivity index (χ3n) is 4.81. The van der Waals surface area contributed by atoms with Crippen molar-refractivity contribution < 1.29 is 4.74 Å². The van der Waals surface area contributed by atoms with Crippen LogP contribution in [0.5, 0.6) is 0 Å². The molecule has 0 radical (unpaired) electrons. The zero-order valence-corrected chi connectivity index (χ0v) is 13.3. The second-order valence-electron chi connectivity index (χ2n) is 7.49. The van der Waals surface area contributed by atoms with E-state index in [9.17, 15) is 0 Å². The van der Waals surface area contributed by atoms with Gasteiger partial charge in [0.05, 0.1) is 5.60 Å². The third-order valence-corrected chi connectivity index (χ3v) is 4.81. The normalized spacial score (nSPS) is 28.3. The van der Waals surface area contributed by atoms with Crippen LogP contribution < -0.4 is 5.32 Å². The number of ether oxygens (including phenoxy) is 1. The van der Waals surface area contributed by atoms with Crippen LogP contribution in [0.1, 0.15) is 59.8 Å².